The Morgan fingerprint density at radius 1 is 1.36 bits per heavy atom. The summed E-state index contributed by atoms with van der Waals surface area (Å²) in [4.78, 5) is 21.6. The molecule has 1 fully saturated rings. The van der Waals surface area contributed by atoms with Gasteiger partial charge in [-0.05, 0) is 12.8 Å². The predicted octanol–water partition coefficient (Wildman–Crippen LogP) is -0.846. The Bertz CT molecular complexity index is 226. The van der Waals surface area contributed by atoms with Gasteiger partial charge in [0.15, 0.2) is 12.2 Å². The molecule has 0 saturated carbocycles. The molecule has 1 aliphatic heterocycles. The molecule has 1 aliphatic rings. The zero-order chi connectivity index (χ0) is 10.6. The molecule has 14 heavy (non-hydrogen) atoms. The molecule has 0 aliphatic carbocycles. The third kappa shape index (κ3) is 2.68. The Morgan fingerprint density at radius 2 is 2.00 bits per heavy atom. The summed E-state index contributed by atoms with van der Waals surface area (Å²) in [5.41, 5.74) is 0. The van der Waals surface area contributed by atoms with E-state index in [1.165, 1.54) is 0 Å². The predicted molar refractivity (Wildman–Crippen MR) is 43.6 cm³/mol. The molecule has 0 aromatic carbocycles. The van der Waals surface area contributed by atoms with Gasteiger partial charge in [0.25, 0.3) is 0 Å². The van der Waals surface area contributed by atoms with Gasteiger partial charge in [0, 0.05) is 0 Å². The molecule has 2 N–H and O–H groups in total. The van der Waals surface area contributed by atoms with Gasteiger partial charge < -0.3 is 19.7 Å². The van der Waals surface area contributed by atoms with Crippen LogP contribution >= 0.6 is 0 Å². The summed E-state index contributed by atoms with van der Waals surface area (Å²) in [6.45, 7) is -0.336. The fourth-order valence-corrected chi connectivity index (χ4v) is 1.23. The number of hydrogen-bond donors (Lipinski definition) is 2. The first kappa shape index (κ1) is 10.9. The van der Waals surface area contributed by atoms with Crippen LogP contribution in [0, 0.1) is 0 Å². The number of carboxylic acid groups (broad SMARTS) is 1. The maximum absolute atomic E-state index is 11.1. The van der Waals surface area contributed by atoms with E-state index in [4.69, 9.17) is 14.9 Å². The van der Waals surface area contributed by atoms with Crippen molar-refractivity contribution in [1.29, 1.82) is 0 Å². The van der Waals surface area contributed by atoms with E-state index in [-0.39, 0.29) is 13.2 Å². The second-order valence-corrected chi connectivity index (χ2v) is 2.92. The Morgan fingerprint density at radius 3 is 2.50 bits per heavy atom. The first-order chi connectivity index (χ1) is 6.65. The highest BCUT2D eigenvalue weighted by molar-refractivity contribution is 5.78. The summed E-state index contributed by atoms with van der Waals surface area (Å²) in [7, 11) is 0. The van der Waals surface area contributed by atoms with Gasteiger partial charge in [0.05, 0.1) is 6.61 Å². The van der Waals surface area contributed by atoms with Gasteiger partial charge in [-0.3, -0.25) is 0 Å². The van der Waals surface area contributed by atoms with E-state index in [9.17, 15) is 9.59 Å². The Hall–Kier alpha value is -1.14. The zero-order valence-electron chi connectivity index (χ0n) is 7.51. The molecular formula is C8H12O6. The second kappa shape index (κ2) is 4.92. The Balaban J connectivity index is 2.34. The van der Waals surface area contributed by atoms with Crippen molar-refractivity contribution in [1.82, 2.24) is 0 Å². The quantitative estimate of drug-likeness (QED) is 0.579. The average Bonchev–Trinajstić information content (AvgIpc) is 2.62. The van der Waals surface area contributed by atoms with Crippen LogP contribution in [0.2, 0.25) is 0 Å². The molecule has 1 saturated heterocycles. The Kier molecular flexibility index (Phi) is 3.84. The molecule has 0 aromatic heterocycles. The minimum atomic E-state index is -1.07. The van der Waals surface area contributed by atoms with E-state index in [0.29, 0.717) is 12.8 Å². The summed E-state index contributed by atoms with van der Waals surface area (Å²) >= 11 is 0. The summed E-state index contributed by atoms with van der Waals surface area (Å²) < 4.78 is 9.52. The molecule has 80 valence electrons. The SMILES string of the molecule is O=C(OCCO)[C@@H]1CC[C@H](C(=O)O)O1. The molecule has 0 spiro atoms. The minimum absolute atomic E-state index is 0.0869. The van der Waals surface area contributed by atoms with E-state index in [0.717, 1.165) is 0 Å². The lowest BCUT2D eigenvalue weighted by molar-refractivity contribution is -0.162. The molecular weight excluding hydrogens is 192 g/mol. The lowest BCUT2D eigenvalue weighted by atomic mass is 10.2. The van der Waals surface area contributed by atoms with E-state index < -0.39 is 24.1 Å². The third-order valence-electron chi connectivity index (χ3n) is 1.89. The zero-order valence-corrected chi connectivity index (χ0v) is 7.51. The highest BCUT2D eigenvalue weighted by atomic mass is 16.6. The summed E-state index contributed by atoms with van der Waals surface area (Å²) in [5.74, 6) is -1.68. The van der Waals surface area contributed by atoms with Crippen molar-refractivity contribution in [2.45, 2.75) is 25.0 Å². The van der Waals surface area contributed by atoms with Gasteiger partial charge in [-0.25, -0.2) is 9.59 Å². The molecule has 0 aromatic rings. The first-order valence-electron chi connectivity index (χ1n) is 4.31. The number of aliphatic hydroxyl groups is 1. The van der Waals surface area contributed by atoms with Crippen molar-refractivity contribution < 1.29 is 29.3 Å². The molecule has 0 amide bonds. The van der Waals surface area contributed by atoms with Crippen molar-refractivity contribution in [2.24, 2.45) is 0 Å². The number of esters is 1. The van der Waals surface area contributed by atoms with Crippen molar-refractivity contribution in [2.75, 3.05) is 13.2 Å². The number of hydrogen-bond acceptors (Lipinski definition) is 5. The van der Waals surface area contributed by atoms with Crippen LogP contribution in [0.15, 0.2) is 0 Å². The van der Waals surface area contributed by atoms with Crippen molar-refractivity contribution in [3.05, 3.63) is 0 Å². The molecule has 1 rings (SSSR count). The number of aliphatic carboxylic acids is 1. The number of carbonyl (C=O) groups is 2. The van der Waals surface area contributed by atoms with Gasteiger partial charge in [0.2, 0.25) is 0 Å². The van der Waals surface area contributed by atoms with Crippen LogP contribution in [0.5, 0.6) is 0 Å². The number of carboxylic acids is 1. The molecule has 1 heterocycles. The number of rotatable bonds is 4. The monoisotopic (exact) mass is 204 g/mol. The molecule has 6 nitrogen and oxygen atoms in total. The van der Waals surface area contributed by atoms with Crippen LogP contribution in [-0.2, 0) is 19.1 Å². The first-order valence-corrected chi connectivity index (χ1v) is 4.31. The smallest absolute Gasteiger partial charge is 0.335 e. The average molecular weight is 204 g/mol. The van der Waals surface area contributed by atoms with Gasteiger partial charge in [-0.1, -0.05) is 0 Å². The Labute approximate surface area is 80.4 Å². The van der Waals surface area contributed by atoms with Crippen LogP contribution in [0.25, 0.3) is 0 Å². The van der Waals surface area contributed by atoms with Gasteiger partial charge in [0.1, 0.15) is 6.61 Å². The van der Waals surface area contributed by atoms with Crippen molar-refractivity contribution >= 4 is 11.9 Å². The fraction of sp³-hybridized carbons (Fsp3) is 0.750. The van der Waals surface area contributed by atoms with Gasteiger partial charge >= 0.3 is 11.9 Å². The number of aliphatic hydroxyl groups excluding tert-OH is 1. The topological polar surface area (TPSA) is 93.1 Å². The summed E-state index contributed by atoms with van der Waals surface area (Å²) in [6.07, 6.45) is -1.06. The van der Waals surface area contributed by atoms with Gasteiger partial charge in [-0.2, -0.15) is 0 Å². The number of ether oxygens (including phenoxy) is 2. The molecule has 0 unspecified atom stereocenters. The maximum atomic E-state index is 11.1. The second-order valence-electron chi connectivity index (χ2n) is 2.92. The summed E-state index contributed by atoms with van der Waals surface area (Å²) in [5, 5.41) is 17.0. The molecule has 2 atom stereocenters. The van der Waals surface area contributed by atoms with Crippen LogP contribution in [0.3, 0.4) is 0 Å². The third-order valence-corrected chi connectivity index (χ3v) is 1.89. The lowest BCUT2D eigenvalue weighted by Gasteiger charge is -2.09. The summed E-state index contributed by atoms with van der Waals surface area (Å²) in [6, 6.07) is 0. The standard InChI is InChI=1S/C8H12O6/c9-3-4-13-8(12)6-2-1-5(14-6)7(10)11/h5-6,9H,1-4H2,(H,10,11)/t5-,6+/m1/s1. The van der Waals surface area contributed by atoms with Crippen LogP contribution in [0.1, 0.15) is 12.8 Å². The number of carbonyl (C=O) groups excluding carboxylic acids is 1. The fourth-order valence-electron chi connectivity index (χ4n) is 1.23. The van der Waals surface area contributed by atoms with Gasteiger partial charge in [-0.15, -0.1) is 0 Å². The highest BCUT2D eigenvalue weighted by Gasteiger charge is 2.35. The van der Waals surface area contributed by atoms with Crippen LogP contribution in [0.4, 0.5) is 0 Å². The molecule has 0 bridgehead atoms. The molecule has 6 heteroatoms. The van der Waals surface area contributed by atoms with E-state index in [1.54, 1.807) is 0 Å². The minimum Gasteiger partial charge on any atom is -0.479 e. The highest BCUT2D eigenvalue weighted by Crippen LogP contribution is 2.20. The largest absolute Gasteiger partial charge is 0.479 e. The normalized spacial score (nSPS) is 26.1. The molecule has 0 radical (unpaired) electrons. The van der Waals surface area contributed by atoms with Crippen molar-refractivity contribution in [3.63, 3.8) is 0 Å². The maximum Gasteiger partial charge on any atom is 0.335 e. The van der Waals surface area contributed by atoms with E-state index >= 15 is 0 Å². The van der Waals surface area contributed by atoms with E-state index in [2.05, 4.69) is 4.74 Å². The van der Waals surface area contributed by atoms with Crippen LogP contribution < -0.4 is 0 Å². The van der Waals surface area contributed by atoms with E-state index in [1.807, 2.05) is 0 Å². The van der Waals surface area contributed by atoms with Crippen LogP contribution in [-0.4, -0.2) is 47.6 Å². The lowest BCUT2D eigenvalue weighted by Crippen LogP contribution is -2.27. The van der Waals surface area contributed by atoms with Crippen molar-refractivity contribution in [3.8, 4) is 0 Å².